The van der Waals surface area contributed by atoms with Crippen LogP contribution in [0.2, 0.25) is 0 Å². The van der Waals surface area contributed by atoms with Gasteiger partial charge < -0.3 is 14.4 Å². The first-order chi connectivity index (χ1) is 9.03. The average Bonchev–Trinajstić information content (AvgIpc) is 2.42. The number of hydrogen-bond donors (Lipinski definition) is 0. The van der Waals surface area contributed by atoms with Crippen LogP contribution in [-0.4, -0.2) is 42.9 Å². The highest BCUT2D eigenvalue weighted by atomic mass is 79.9. The highest BCUT2D eigenvalue weighted by Crippen LogP contribution is 2.24. The lowest BCUT2D eigenvalue weighted by Crippen LogP contribution is -2.38. The fourth-order valence-electron chi connectivity index (χ4n) is 1.78. The van der Waals surface area contributed by atoms with Gasteiger partial charge in [0.05, 0.1) is 14.2 Å². The van der Waals surface area contributed by atoms with E-state index in [1.807, 2.05) is 18.7 Å². The Hall–Kier alpha value is -1.23. The Morgan fingerprint density at radius 2 is 1.74 bits per heavy atom. The normalized spacial score (nSPS) is 10.4. The molecule has 0 fully saturated rings. The Labute approximate surface area is 122 Å². The number of carbonyl (C=O) groups is 1. The van der Waals surface area contributed by atoms with Crippen LogP contribution in [0.15, 0.2) is 18.2 Å². The maximum absolute atomic E-state index is 12.5. The van der Waals surface area contributed by atoms with E-state index in [1.54, 1.807) is 32.4 Å². The number of benzene rings is 1. The Bertz CT molecular complexity index is 412. The molecule has 0 bridgehead atoms. The van der Waals surface area contributed by atoms with Crippen LogP contribution in [0.4, 0.5) is 0 Å². The van der Waals surface area contributed by atoms with E-state index in [1.165, 1.54) is 0 Å². The maximum atomic E-state index is 12.5. The van der Waals surface area contributed by atoms with Crippen LogP contribution in [0.1, 0.15) is 24.2 Å². The van der Waals surface area contributed by atoms with E-state index in [0.29, 0.717) is 23.6 Å². The van der Waals surface area contributed by atoms with Crippen molar-refractivity contribution >= 4 is 21.8 Å². The summed E-state index contributed by atoms with van der Waals surface area (Å²) < 4.78 is 10.4. The Kier molecular flexibility index (Phi) is 6.15. The summed E-state index contributed by atoms with van der Waals surface area (Å²) in [6, 6.07) is 5.35. The standard InChI is InChI=1S/C14H20BrNO3/c1-10(2)16(6-5-15)14(17)11-7-12(18-3)9-13(8-11)19-4/h7-10H,5-6H2,1-4H3. The molecule has 0 atom stereocenters. The van der Waals surface area contributed by atoms with E-state index < -0.39 is 0 Å². The van der Waals surface area contributed by atoms with E-state index >= 15 is 0 Å². The molecule has 0 heterocycles. The van der Waals surface area contributed by atoms with E-state index in [0.717, 1.165) is 5.33 Å². The third-order valence-corrected chi connectivity index (χ3v) is 3.16. The predicted molar refractivity (Wildman–Crippen MR) is 79.5 cm³/mol. The second kappa shape index (κ2) is 7.38. The van der Waals surface area contributed by atoms with Crippen molar-refractivity contribution in [1.29, 1.82) is 0 Å². The molecular formula is C14H20BrNO3. The van der Waals surface area contributed by atoms with Gasteiger partial charge in [-0.2, -0.15) is 0 Å². The minimum Gasteiger partial charge on any atom is -0.497 e. The number of ether oxygens (including phenoxy) is 2. The smallest absolute Gasteiger partial charge is 0.254 e. The third kappa shape index (κ3) is 4.13. The second-order valence-electron chi connectivity index (χ2n) is 4.38. The fraction of sp³-hybridized carbons (Fsp3) is 0.500. The molecule has 19 heavy (non-hydrogen) atoms. The van der Waals surface area contributed by atoms with E-state index in [4.69, 9.17) is 9.47 Å². The van der Waals surface area contributed by atoms with E-state index in [-0.39, 0.29) is 11.9 Å². The Morgan fingerprint density at radius 1 is 1.21 bits per heavy atom. The van der Waals surface area contributed by atoms with Gasteiger partial charge in [-0.15, -0.1) is 0 Å². The fourth-order valence-corrected chi connectivity index (χ4v) is 2.16. The van der Waals surface area contributed by atoms with Crippen LogP contribution >= 0.6 is 15.9 Å². The molecule has 5 heteroatoms. The van der Waals surface area contributed by atoms with Crippen LogP contribution in [0, 0.1) is 0 Å². The molecule has 1 aromatic rings. The van der Waals surface area contributed by atoms with Gasteiger partial charge in [0.1, 0.15) is 11.5 Å². The maximum Gasteiger partial charge on any atom is 0.254 e. The summed E-state index contributed by atoms with van der Waals surface area (Å²) in [5.41, 5.74) is 0.575. The van der Waals surface area contributed by atoms with Crippen molar-refractivity contribution in [2.45, 2.75) is 19.9 Å². The topological polar surface area (TPSA) is 38.8 Å². The SMILES string of the molecule is COc1cc(OC)cc(C(=O)N(CCBr)C(C)C)c1. The molecule has 1 amide bonds. The first-order valence-corrected chi connectivity index (χ1v) is 7.25. The third-order valence-electron chi connectivity index (χ3n) is 2.81. The summed E-state index contributed by atoms with van der Waals surface area (Å²) in [5.74, 6) is 1.21. The van der Waals surface area contributed by atoms with Gasteiger partial charge in [0, 0.05) is 29.5 Å². The number of rotatable bonds is 6. The first-order valence-electron chi connectivity index (χ1n) is 6.13. The number of amides is 1. The quantitative estimate of drug-likeness (QED) is 0.753. The lowest BCUT2D eigenvalue weighted by molar-refractivity contribution is 0.0718. The highest BCUT2D eigenvalue weighted by Gasteiger charge is 2.19. The number of halogens is 1. The largest absolute Gasteiger partial charge is 0.497 e. The zero-order chi connectivity index (χ0) is 14.4. The monoisotopic (exact) mass is 329 g/mol. The van der Waals surface area contributed by atoms with E-state index in [9.17, 15) is 4.79 Å². The average molecular weight is 330 g/mol. The van der Waals surface area contributed by atoms with Crippen LogP contribution in [0.25, 0.3) is 0 Å². The predicted octanol–water partition coefficient (Wildman–Crippen LogP) is 2.95. The van der Waals surface area contributed by atoms with Gasteiger partial charge >= 0.3 is 0 Å². The molecule has 0 aliphatic carbocycles. The summed E-state index contributed by atoms with van der Waals surface area (Å²) in [6.45, 7) is 4.66. The van der Waals surface area contributed by atoms with Crippen molar-refractivity contribution in [2.75, 3.05) is 26.1 Å². The highest BCUT2D eigenvalue weighted by molar-refractivity contribution is 9.09. The van der Waals surface area contributed by atoms with Crippen molar-refractivity contribution in [3.8, 4) is 11.5 Å². The summed E-state index contributed by atoms with van der Waals surface area (Å²) in [6.07, 6.45) is 0. The minimum atomic E-state index is -0.0216. The molecule has 0 N–H and O–H groups in total. The minimum absolute atomic E-state index is 0.0216. The number of alkyl halides is 1. The van der Waals surface area contributed by atoms with Crippen molar-refractivity contribution in [1.82, 2.24) is 4.90 Å². The molecule has 0 spiro atoms. The molecule has 0 aliphatic heterocycles. The molecule has 106 valence electrons. The molecule has 0 radical (unpaired) electrons. The van der Waals surface area contributed by atoms with Gasteiger partial charge in [-0.05, 0) is 26.0 Å². The van der Waals surface area contributed by atoms with Crippen LogP contribution in [0.5, 0.6) is 11.5 Å². The van der Waals surface area contributed by atoms with Gasteiger partial charge in [0.2, 0.25) is 0 Å². The van der Waals surface area contributed by atoms with Gasteiger partial charge in [-0.1, -0.05) is 15.9 Å². The summed E-state index contributed by atoms with van der Waals surface area (Å²) in [7, 11) is 3.14. The Morgan fingerprint density at radius 3 is 2.11 bits per heavy atom. The van der Waals surface area contributed by atoms with Crippen LogP contribution < -0.4 is 9.47 Å². The van der Waals surface area contributed by atoms with Gasteiger partial charge in [0.25, 0.3) is 5.91 Å². The zero-order valence-electron chi connectivity index (χ0n) is 11.8. The molecular weight excluding hydrogens is 310 g/mol. The van der Waals surface area contributed by atoms with Gasteiger partial charge in [-0.25, -0.2) is 0 Å². The number of methoxy groups -OCH3 is 2. The molecule has 4 nitrogen and oxygen atoms in total. The molecule has 0 saturated carbocycles. The number of carbonyl (C=O) groups excluding carboxylic acids is 1. The van der Waals surface area contributed by atoms with Crippen molar-refractivity contribution in [3.05, 3.63) is 23.8 Å². The lowest BCUT2D eigenvalue weighted by atomic mass is 10.1. The summed E-state index contributed by atoms with van der Waals surface area (Å²) in [5, 5.41) is 0.748. The van der Waals surface area contributed by atoms with Gasteiger partial charge in [0.15, 0.2) is 0 Å². The summed E-state index contributed by atoms with van der Waals surface area (Å²) >= 11 is 3.37. The van der Waals surface area contributed by atoms with Crippen LogP contribution in [0.3, 0.4) is 0 Å². The van der Waals surface area contributed by atoms with Crippen molar-refractivity contribution in [2.24, 2.45) is 0 Å². The molecule has 1 rings (SSSR count). The van der Waals surface area contributed by atoms with Crippen molar-refractivity contribution < 1.29 is 14.3 Å². The summed E-state index contributed by atoms with van der Waals surface area (Å²) in [4.78, 5) is 14.3. The first kappa shape index (κ1) is 15.8. The van der Waals surface area contributed by atoms with Gasteiger partial charge in [-0.3, -0.25) is 4.79 Å². The second-order valence-corrected chi connectivity index (χ2v) is 5.18. The molecule has 0 aliphatic rings. The van der Waals surface area contributed by atoms with Crippen molar-refractivity contribution in [3.63, 3.8) is 0 Å². The number of nitrogens with zero attached hydrogens (tertiary/aromatic N) is 1. The van der Waals surface area contributed by atoms with E-state index in [2.05, 4.69) is 15.9 Å². The van der Waals surface area contributed by atoms with Crippen LogP contribution in [-0.2, 0) is 0 Å². The zero-order valence-corrected chi connectivity index (χ0v) is 13.4. The number of hydrogen-bond acceptors (Lipinski definition) is 3. The molecule has 0 aromatic heterocycles. The Balaban J connectivity index is 3.09. The molecule has 0 saturated heterocycles. The molecule has 0 unspecified atom stereocenters. The lowest BCUT2D eigenvalue weighted by Gasteiger charge is -2.26. The molecule has 1 aromatic carbocycles.